The van der Waals surface area contributed by atoms with Gasteiger partial charge >= 0.3 is 0 Å². The Morgan fingerprint density at radius 1 is 1.00 bits per heavy atom. The van der Waals surface area contributed by atoms with E-state index in [1.165, 1.54) is 12.1 Å². The van der Waals surface area contributed by atoms with E-state index in [2.05, 4.69) is 10.0 Å². The Labute approximate surface area is 193 Å². The first-order valence-electron chi connectivity index (χ1n) is 10.6. The van der Waals surface area contributed by atoms with Crippen LogP contribution in [0.1, 0.15) is 32.1 Å². The molecule has 1 atom stereocenters. The first-order chi connectivity index (χ1) is 15.6. The summed E-state index contributed by atoms with van der Waals surface area (Å²) in [5, 5.41) is 2.66. The van der Waals surface area contributed by atoms with Crippen molar-refractivity contribution in [3.63, 3.8) is 0 Å². The second kappa shape index (κ2) is 8.96. The summed E-state index contributed by atoms with van der Waals surface area (Å²) in [6.07, 6.45) is 4.42. The minimum atomic E-state index is -4.04. The SMILES string of the molecule is CS(=O)(=O)CC[C@@H](NS(=O)(=O)c1ccccc1)C(=O)Nc1ccc2c(c1)OC1(CCCC1)O2. The maximum atomic E-state index is 13.0. The van der Waals surface area contributed by atoms with E-state index in [-0.39, 0.29) is 17.1 Å². The van der Waals surface area contributed by atoms with Crippen molar-refractivity contribution in [3.8, 4) is 11.5 Å². The minimum absolute atomic E-state index is 0.0212. The molecule has 1 fully saturated rings. The highest BCUT2D eigenvalue weighted by molar-refractivity contribution is 7.90. The second-order valence-electron chi connectivity index (χ2n) is 8.38. The molecule has 0 radical (unpaired) electrons. The molecule has 2 aromatic carbocycles. The van der Waals surface area contributed by atoms with Gasteiger partial charge in [-0.15, -0.1) is 0 Å². The van der Waals surface area contributed by atoms with Gasteiger partial charge in [-0.3, -0.25) is 4.79 Å². The molecule has 1 spiro atoms. The molecule has 178 valence electrons. The van der Waals surface area contributed by atoms with Crippen LogP contribution >= 0.6 is 0 Å². The normalized spacial score (nSPS) is 17.7. The van der Waals surface area contributed by atoms with Crippen LogP contribution < -0.4 is 19.5 Å². The molecule has 0 saturated heterocycles. The highest BCUT2D eigenvalue weighted by Crippen LogP contribution is 2.47. The lowest BCUT2D eigenvalue weighted by molar-refractivity contribution is -0.117. The molecule has 1 saturated carbocycles. The number of fused-ring (bicyclic) bond motifs is 1. The van der Waals surface area contributed by atoms with Crippen LogP contribution in [0.2, 0.25) is 0 Å². The Bertz CT molecular complexity index is 1240. The average Bonchev–Trinajstić information content (AvgIpc) is 3.36. The third kappa shape index (κ3) is 5.66. The van der Waals surface area contributed by atoms with Gasteiger partial charge in [-0.1, -0.05) is 18.2 Å². The van der Waals surface area contributed by atoms with E-state index < -0.39 is 37.6 Å². The lowest BCUT2D eigenvalue weighted by atomic mass is 10.2. The summed E-state index contributed by atoms with van der Waals surface area (Å²) in [6, 6.07) is 11.2. The monoisotopic (exact) mass is 494 g/mol. The maximum Gasteiger partial charge on any atom is 0.251 e. The van der Waals surface area contributed by atoms with Crippen LogP contribution in [0.3, 0.4) is 0 Å². The molecule has 9 nitrogen and oxygen atoms in total. The van der Waals surface area contributed by atoms with Gasteiger partial charge in [0.05, 0.1) is 10.6 Å². The van der Waals surface area contributed by atoms with E-state index in [0.29, 0.717) is 17.2 Å². The number of carbonyl (C=O) groups is 1. The third-order valence-corrected chi connectivity index (χ3v) is 8.08. The first-order valence-corrected chi connectivity index (χ1v) is 14.2. The van der Waals surface area contributed by atoms with Crippen LogP contribution in [0.15, 0.2) is 53.4 Å². The van der Waals surface area contributed by atoms with E-state index in [1.54, 1.807) is 36.4 Å². The quantitative estimate of drug-likeness (QED) is 0.577. The molecule has 1 heterocycles. The zero-order valence-electron chi connectivity index (χ0n) is 18.1. The van der Waals surface area contributed by atoms with Crippen molar-refractivity contribution in [2.24, 2.45) is 0 Å². The van der Waals surface area contributed by atoms with Crippen LogP contribution in [0, 0.1) is 0 Å². The number of rotatable bonds is 8. The summed E-state index contributed by atoms with van der Waals surface area (Å²) in [6.45, 7) is 0. The van der Waals surface area contributed by atoms with Gasteiger partial charge in [0.1, 0.15) is 15.9 Å². The number of sulfone groups is 1. The molecule has 2 N–H and O–H groups in total. The summed E-state index contributed by atoms with van der Waals surface area (Å²) in [4.78, 5) is 13.0. The summed E-state index contributed by atoms with van der Waals surface area (Å²) in [7, 11) is -7.46. The van der Waals surface area contributed by atoms with Gasteiger partial charge in [0.2, 0.25) is 15.9 Å². The van der Waals surface area contributed by atoms with Crippen LogP contribution in [0.25, 0.3) is 0 Å². The first kappa shape index (κ1) is 23.5. The average molecular weight is 495 g/mol. The third-order valence-electron chi connectivity index (χ3n) is 5.61. The van der Waals surface area contributed by atoms with Crippen molar-refractivity contribution in [1.29, 1.82) is 0 Å². The topological polar surface area (TPSA) is 128 Å². The Hall–Kier alpha value is -2.63. The Morgan fingerprint density at radius 2 is 1.67 bits per heavy atom. The van der Waals surface area contributed by atoms with Crippen molar-refractivity contribution in [1.82, 2.24) is 4.72 Å². The molecule has 11 heteroatoms. The predicted molar refractivity (Wildman–Crippen MR) is 122 cm³/mol. The molecule has 0 aromatic heterocycles. The predicted octanol–water partition coefficient (Wildman–Crippen LogP) is 2.45. The minimum Gasteiger partial charge on any atom is -0.448 e. The Morgan fingerprint density at radius 3 is 2.33 bits per heavy atom. The van der Waals surface area contributed by atoms with Crippen molar-refractivity contribution in [2.45, 2.75) is 48.8 Å². The molecule has 1 amide bonds. The van der Waals surface area contributed by atoms with E-state index in [1.807, 2.05) is 0 Å². The summed E-state index contributed by atoms with van der Waals surface area (Å²) in [5.41, 5.74) is 0.390. The lowest BCUT2D eigenvalue weighted by Gasteiger charge is -2.21. The van der Waals surface area contributed by atoms with E-state index >= 15 is 0 Å². The van der Waals surface area contributed by atoms with Gasteiger partial charge in [0, 0.05) is 30.9 Å². The van der Waals surface area contributed by atoms with Crippen LogP contribution in [-0.2, 0) is 24.7 Å². The zero-order chi connectivity index (χ0) is 23.7. The number of benzene rings is 2. The van der Waals surface area contributed by atoms with Crippen molar-refractivity contribution < 1.29 is 31.1 Å². The molecular weight excluding hydrogens is 468 g/mol. The molecular formula is C22H26N2O7S2. The lowest BCUT2D eigenvalue weighted by Crippen LogP contribution is -2.44. The van der Waals surface area contributed by atoms with Gasteiger partial charge < -0.3 is 14.8 Å². The summed E-state index contributed by atoms with van der Waals surface area (Å²) in [5.74, 6) is -0.575. The Balaban J connectivity index is 1.51. The van der Waals surface area contributed by atoms with Gasteiger partial charge in [-0.25, -0.2) is 16.8 Å². The van der Waals surface area contributed by atoms with Crippen LogP contribution in [-0.4, -0.2) is 46.6 Å². The molecule has 1 aliphatic carbocycles. The highest BCUT2D eigenvalue weighted by atomic mass is 32.2. The van der Waals surface area contributed by atoms with Crippen molar-refractivity contribution >= 4 is 31.5 Å². The zero-order valence-corrected chi connectivity index (χ0v) is 19.7. The largest absolute Gasteiger partial charge is 0.448 e. The molecule has 0 unspecified atom stereocenters. The second-order valence-corrected chi connectivity index (χ2v) is 12.4. The molecule has 2 aromatic rings. The van der Waals surface area contributed by atoms with E-state index in [4.69, 9.17) is 9.47 Å². The fourth-order valence-electron chi connectivity index (χ4n) is 3.95. The number of nitrogens with one attached hydrogen (secondary N) is 2. The standard InChI is InChI=1S/C22H26N2O7S2/c1-32(26,27)14-11-18(24-33(28,29)17-7-3-2-4-8-17)21(25)23-16-9-10-19-20(15-16)31-22(30-19)12-5-6-13-22/h2-4,7-10,15,18,24H,5-6,11-14H2,1H3,(H,23,25)/t18-/m1/s1. The number of ether oxygens (including phenoxy) is 2. The molecule has 0 bridgehead atoms. The van der Waals surface area contributed by atoms with Crippen LogP contribution in [0.4, 0.5) is 5.69 Å². The van der Waals surface area contributed by atoms with Gasteiger partial charge in [-0.05, 0) is 43.5 Å². The fraction of sp³-hybridized carbons (Fsp3) is 0.409. The number of anilines is 1. The number of hydrogen-bond donors (Lipinski definition) is 2. The van der Waals surface area contributed by atoms with Crippen LogP contribution in [0.5, 0.6) is 11.5 Å². The maximum absolute atomic E-state index is 13.0. The number of carbonyl (C=O) groups excluding carboxylic acids is 1. The molecule has 4 rings (SSSR count). The van der Waals surface area contributed by atoms with Gasteiger partial charge in [0.15, 0.2) is 11.5 Å². The number of amides is 1. The van der Waals surface area contributed by atoms with E-state index in [0.717, 1.165) is 31.9 Å². The molecule has 33 heavy (non-hydrogen) atoms. The smallest absolute Gasteiger partial charge is 0.251 e. The summed E-state index contributed by atoms with van der Waals surface area (Å²) < 4.78 is 63.1. The number of sulfonamides is 1. The van der Waals surface area contributed by atoms with Crippen molar-refractivity contribution in [3.05, 3.63) is 48.5 Å². The van der Waals surface area contributed by atoms with Gasteiger partial charge in [0.25, 0.3) is 5.79 Å². The molecule has 1 aliphatic heterocycles. The number of hydrogen-bond acceptors (Lipinski definition) is 7. The highest BCUT2D eigenvalue weighted by Gasteiger charge is 2.44. The summed E-state index contributed by atoms with van der Waals surface area (Å²) >= 11 is 0. The Kier molecular flexibility index (Phi) is 6.39. The fourth-order valence-corrected chi connectivity index (χ4v) is 5.86. The van der Waals surface area contributed by atoms with Gasteiger partial charge in [-0.2, -0.15) is 4.72 Å². The van der Waals surface area contributed by atoms with Crippen molar-refractivity contribution in [2.75, 3.05) is 17.3 Å². The van der Waals surface area contributed by atoms with E-state index in [9.17, 15) is 21.6 Å². The molecule has 2 aliphatic rings.